The highest BCUT2D eigenvalue weighted by Gasteiger charge is 2.39. The molecule has 41 heavy (non-hydrogen) atoms. The normalized spacial score (nSPS) is 23.2. The summed E-state index contributed by atoms with van der Waals surface area (Å²) in [6.07, 6.45) is 10.7. The van der Waals surface area contributed by atoms with Gasteiger partial charge in [0, 0.05) is 24.5 Å². The van der Waals surface area contributed by atoms with Gasteiger partial charge < -0.3 is 19.4 Å². The topological polar surface area (TPSA) is 36.0 Å². The minimum atomic E-state index is 0.0126. The maximum Gasteiger partial charge on any atom is 0.227 e. The van der Waals surface area contributed by atoms with E-state index in [1.807, 2.05) is 32.0 Å². The lowest BCUT2D eigenvalue weighted by molar-refractivity contribution is -0.132. The number of likely N-dealkylation sites (tertiary alicyclic amines) is 3. The fraction of sp³-hybridized carbons (Fsp3) is 0.639. The Balaban J connectivity index is 1.27. The molecule has 2 aromatic rings. The van der Waals surface area contributed by atoms with Crippen molar-refractivity contribution in [1.82, 2.24) is 14.7 Å². The van der Waals surface area contributed by atoms with Crippen molar-refractivity contribution in [3.05, 3.63) is 64.7 Å². The number of ether oxygens (including phenoxy) is 1. The first-order chi connectivity index (χ1) is 19.8. The molecular formula is C36H53N3O2. The monoisotopic (exact) mass is 559 g/mol. The molecule has 1 amide bonds. The van der Waals surface area contributed by atoms with Gasteiger partial charge in [0.2, 0.25) is 5.91 Å². The average Bonchev–Trinajstić information content (AvgIpc) is 2.98. The second kappa shape index (κ2) is 13.7. The Morgan fingerprint density at radius 3 is 2.44 bits per heavy atom. The average molecular weight is 560 g/mol. The number of amides is 1. The number of rotatable bonds is 9. The number of carbonyl (C=O) groups is 1. The molecule has 2 aromatic carbocycles. The van der Waals surface area contributed by atoms with Crippen LogP contribution < -0.4 is 4.74 Å². The zero-order valence-electron chi connectivity index (χ0n) is 26.2. The van der Waals surface area contributed by atoms with E-state index in [0.29, 0.717) is 6.42 Å². The Labute approximate surface area is 249 Å². The summed E-state index contributed by atoms with van der Waals surface area (Å²) in [5.41, 5.74) is 5.17. The van der Waals surface area contributed by atoms with Crippen molar-refractivity contribution < 1.29 is 9.53 Å². The van der Waals surface area contributed by atoms with E-state index in [9.17, 15) is 4.79 Å². The van der Waals surface area contributed by atoms with Crippen LogP contribution in [0.5, 0.6) is 5.75 Å². The number of benzene rings is 2. The minimum Gasteiger partial charge on any atom is -0.491 e. The van der Waals surface area contributed by atoms with Crippen LogP contribution in [0.3, 0.4) is 0 Å². The Hall–Kier alpha value is -2.37. The van der Waals surface area contributed by atoms with Crippen LogP contribution >= 0.6 is 0 Å². The van der Waals surface area contributed by atoms with E-state index in [-0.39, 0.29) is 17.4 Å². The van der Waals surface area contributed by atoms with Crippen molar-refractivity contribution in [3.63, 3.8) is 0 Å². The standard InChI is InChI=1S/C36H53N3O2/c1-28(2)41-34-11-8-10-31(25-34)26-35(40)39-20-9-16-36(27-39,32-13-12-29(3)30(4)24-32)17-23-37-21-14-33(15-22-37)38-18-6-5-7-19-38/h8,10-13,24-25,28,33H,5-7,9,14-23,26-27H2,1-4H3/t36-/m1/s1. The summed E-state index contributed by atoms with van der Waals surface area (Å²) in [7, 11) is 0. The Kier molecular flexibility index (Phi) is 10.1. The third-order valence-corrected chi connectivity index (χ3v) is 10.0. The smallest absolute Gasteiger partial charge is 0.227 e. The van der Waals surface area contributed by atoms with E-state index in [4.69, 9.17) is 4.74 Å². The molecule has 3 aliphatic rings. The molecule has 3 heterocycles. The summed E-state index contributed by atoms with van der Waals surface area (Å²) in [4.78, 5) is 21.4. The predicted octanol–water partition coefficient (Wildman–Crippen LogP) is 6.53. The molecule has 0 aliphatic carbocycles. The fourth-order valence-electron chi connectivity index (χ4n) is 7.45. The van der Waals surface area contributed by atoms with Gasteiger partial charge in [-0.1, -0.05) is 36.8 Å². The lowest BCUT2D eigenvalue weighted by Gasteiger charge is -2.45. The van der Waals surface area contributed by atoms with Crippen molar-refractivity contribution in [3.8, 4) is 5.75 Å². The second-order valence-corrected chi connectivity index (χ2v) is 13.4. The molecule has 5 heteroatoms. The van der Waals surface area contributed by atoms with Gasteiger partial charge in [0.15, 0.2) is 0 Å². The SMILES string of the molecule is Cc1ccc([C@@]2(CCN3CCC(N4CCCCC4)CC3)CCCN(C(=O)Cc3cccc(OC(C)C)c3)C2)cc1C. The number of hydrogen-bond acceptors (Lipinski definition) is 4. The van der Waals surface area contributed by atoms with E-state index in [0.717, 1.165) is 56.3 Å². The molecule has 1 atom stereocenters. The maximum absolute atomic E-state index is 13.7. The first-order valence-electron chi connectivity index (χ1n) is 16.4. The third-order valence-electron chi connectivity index (χ3n) is 10.0. The molecule has 224 valence electrons. The summed E-state index contributed by atoms with van der Waals surface area (Å²) < 4.78 is 5.89. The van der Waals surface area contributed by atoms with Crippen LogP contribution in [0.2, 0.25) is 0 Å². The number of carbonyl (C=O) groups excluding carboxylic acids is 1. The van der Waals surface area contributed by atoms with Crippen LogP contribution in [0.4, 0.5) is 0 Å². The highest BCUT2D eigenvalue weighted by Crippen LogP contribution is 2.39. The van der Waals surface area contributed by atoms with E-state index >= 15 is 0 Å². The lowest BCUT2D eigenvalue weighted by Crippen LogP contribution is -2.51. The largest absolute Gasteiger partial charge is 0.491 e. The quantitative estimate of drug-likeness (QED) is 0.350. The van der Waals surface area contributed by atoms with Gasteiger partial charge >= 0.3 is 0 Å². The molecule has 0 saturated carbocycles. The zero-order chi connectivity index (χ0) is 28.8. The van der Waals surface area contributed by atoms with Gasteiger partial charge in [0.05, 0.1) is 12.5 Å². The van der Waals surface area contributed by atoms with Crippen molar-refractivity contribution in [2.24, 2.45) is 0 Å². The van der Waals surface area contributed by atoms with Crippen LogP contribution in [0.15, 0.2) is 42.5 Å². The van der Waals surface area contributed by atoms with Gasteiger partial charge in [0.1, 0.15) is 5.75 Å². The van der Waals surface area contributed by atoms with Crippen molar-refractivity contribution in [2.45, 2.75) is 103 Å². The molecule has 3 fully saturated rings. The highest BCUT2D eigenvalue weighted by molar-refractivity contribution is 5.79. The van der Waals surface area contributed by atoms with Crippen LogP contribution in [-0.4, -0.2) is 78.6 Å². The molecule has 3 saturated heterocycles. The first-order valence-corrected chi connectivity index (χ1v) is 16.4. The number of hydrogen-bond donors (Lipinski definition) is 0. The summed E-state index contributed by atoms with van der Waals surface area (Å²) >= 11 is 0. The van der Waals surface area contributed by atoms with Crippen molar-refractivity contribution in [1.29, 1.82) is 0 Å². The van der Waals surface area contributed by atoms with E-state index in [1.165, 1.54) is 75.0 Å². The van der Waals surface area contributed by atoms with Gasteiger partial charge in [-0.25, -0.2) is 0 Å². The summed E-state index contributed by atoms with van der Waals surface area (Å²) in [5, 5.41) is 0. The van der Waals surface area contributed by atoms with E-state index in [2.05, 4.69) is 52.8 Å². The van der Waals surface area contributed by atoms with Crippen LogP contribution in [0.1, 0.15) is 87.5 Å². The first kappa shape index (κ1) is 30.1. The van der Waals surface area contributed by atoms with Gasteiger partial charge in [0.25, 0.3) is 0 Å². The second-order valence-electron chi connectivity index (χ2n) is 13.4. The summed E-state index contributed by atoms with van der Waals surface area (Å²) in [6.45, 7) is 16.3. The third kappa shape index (κ3) is 7.73. The van der Waals surface area contributed by atoms with Gasteiger partial charge in [-0.05, 0) is 140 Å². The number of piperidine rings is 3. The molecule has 0 aromatic heterocycles. The Morgan fingerprint density at radius 2 is 1.71 bits per heavy atom. The van der Waals surface area contributed by atoms with Gasteiger partial charge in [-0.3, -0.25) is 4.79 Å². The zero-order valence-corrected chi connectivity index (χ0v) is 26.2. The molecule has 0 N–H and O–H groups in total. The lowest BCUT2D eigenvalue weighted by atomic mass is 9.71. The highest BCUT2D eigenvalue weighted by atomic mass is 16.5. The predicted molar refractivity (Wildman–Crippen MR) is 169 cm³/mol. The summed E-state index contributed by atoms with van der Waals surface area (Å²) in [5.74, 6) is 1.08. The maximum atomic E-state index is 13.7. The molecule has 0 unspecified atom stereocenters. The number of aryl methyl sites for hydroxylation is 2. The molecule has 5 nitrogen and oxygen atoms in total. The van der Waals surface area contributed by atoms with Crippen molar-refractivity contribution >= 4 is 5.91 Å². The molecule has 5 rings (SSSR count). The van der Waals surface area contributed by atoms with Gasteiger partial charge in [-0.15, -0.1) is 0 Å². The van der Waals surface area contributed by atoms with Crippen molar-refractivity contribution in [2.75, 3.05) is 45.8 Å². The molecular weight excluding hydrogens is 506 g/mol. The molecule has 3 aliphatic heterocycles. The number of nitrogens with zero attached hydrogens (tertiary/aromatic N) is 3. The fourth-order valence-corrected chi connectivity index (χ4v) is 7.45. The molecule has 0 bridgehead atoms. The molecule has 0 spiro atoms. The Bertz CT molecular complexity index is 1150. The van der Waals surface area contributed by atoms with Gasteiger partial charge in [-0.2, -0.15) is 0 Å². The van der Waals surface area contributed by atoms with E-state index < -0.39 is 0 Å². The molecule has 0 radical (unpaired) electrons. The summed E-state index contributed by atoms with van der Waals surface area (Å²) in [6, 6.07) is 15.9. The van der Waals surface area contributed by atoms with E-state index in [1.54, 1.807) is 0 Å². The van der Waals surface area contributed by atoms with Crippen LogP contribution in [-0.2, 0) is 16.6 Å². The minimum absolute atomic E-state index is 0.0126. The van der Waals surface area contributed by atoms with Crippen LogP contribution in [0.25, 0.3) is 0 Å². The Morgan fingerprint density at radius 1 is 0.927 bits per heavy atom. The van der Waals surface area contributed by atoms with Crippen LogP contribution in [0, 0.1) is 13.8 Å².